The number of unbranched alkanes of at least 4 members (excludes halogenated alkanes) is 1. The summed E-state index contributed by atoms with van der Waals surface area (Å²) in [4.78, 5) is 12.0. The molecule has 14 heavy (non-hydrogen) atoms. The van der Waals surface area contributed by atoms with Crippen molar-refractivity contribution in [2.75, 3.05) is 0 Å². The number of hydrogen-bond acceptors (Lipinski definition) is 1. The lowest BCUT2D eigenvalue weighted by Crippen LogP contribution is -2.30. The smallest absolute Gasteiger partial charge is 0.138 e. The summed E-state index contributed by atoms with van der Waals surface area (Å²) in [5, 5.41) is 0. The van der Waals surface area contributed by atoms with E-state index in [-0.39, 0.29) is 5.41 Å². The number of ketones is 1. The van der Waals surface area contributed by atoms with E-state index in [0.717, 1.165) is 32.1 Å². The highest BCUT2D eigenvalue weighted by Crippen LogP contribution is 2.37. The number of allylic oxidation sites excluding steroid dienone is 1. The summed E-state index contributed by atoms with van der Waals surface area (Å²) >= 11 is 0. The van der Waals surface area contributed by atoms with Crippen LogP contribution in [0.5, 0.6) is 0 Å². The van der Waals surface area contributed by atoms with Crippen LogP contribution in [-0.4, -0.2) is 5.78 Å². The molecule has 1 rings (SSSR count). The van der Waals surface area contributed by atoms with Gasteiger partial charge >= 0.3 is 0 Å². The van der Waals surface area contributed by atoms with E-state index in [1.54, 1.807) is 0 Å². The summed E-state index contributed by atoms with van der Waals surface area (Å²) in [7, 11) is 0. The summed E-state index contributed by atoms with van der Waals surface area (Å²) in [6, 6.07) is 0. The zero-order valence-corrected chi connectivity index (χ0v) is 9.35. The molecule has 1 nitrogen and oxygen atoms in total. The number of hydrogen-bond donors (Lipinski definition) is 0. The zero-order chi connectivity index (χ0) is 10.4. The van der Waals surface area contributed by atoms with Crippen LogP contribution in [0.25, 0.3) is 0 Å². The quantitative estimate of drug-likeness (QED) is 0.479. The predicted octanol–water partition coefficient (Wildman–Crippen LogP) is 3.88. The lowest BCUT2D eigenvalue weighted by molar-refractivity contribution is -0.129. The molecule has 0 spiro atoms. The lowest BCUT2D eigenvalue weighted by atomic mass is 9.71. The van der Waals surface area contributed by atoms with Gasteiger partial charge < -0.3 is 0 Å². The Balaban J connectivity index is 2.36. The van der Waals surface area contributed by atoms with E-state index >= 15 is 0 Å². The van der Waals surface area contributed by atoms with Crippen molar-refractivity contribution in [3.63, 3.8) is 0 Å². The summed E-state index contributed by atoms with van der Waals surface area (Å²) in [6.45, 7) is 5.83. The highest BCUT2D eigenvalue weighted by molar-refractivity contribution is 5.84. The molecule has 0 aromatic heterocycles. The molecule has 80 valence electrons. The first-order valence-corrected chi connectivity index (χ1v) is 5.83. The summed E-state index contributed by atoms with van der Waals surface area (Å²) < 4.78 is 0. The Morgan fingerprint density at radius 1 is 1.36 bits per heavy atom. The third-order valence-corrected chi connectivity index (χ3v) is 3.44. The van der Waals surface area contributed by atoms with Crippen molar-refractivity contribution in [2.45, 2.75) is 58.3 Å². The Bertz CT molecular complexity index is 199. The molecule has 1 fully saturated rings. The van der Waals surface area contributed by atoms with E-state index in [1.807, 2.05) is 6.08 Å². The molecule has 1 aliphatic rings. The van der Waals surface area contributed by atoms with Gasteiger partial charge in [-0.05, 0) is 25.7 Å². The first-order chi connectivity index (χ1) is 6.69. The minimum atomic E-state index is 0.0133. The molecule has 0 aromatic carbocycles. The molecule has 1 aliphatic carbocycles. The molecule has 0 saturated heterocycles. The van der Waals surface area contributed by atoms with Crippen LogP contribution in [-0.2, 0) is 4.79 Å². The topological polar surface area (TPSA) is 17.1 Å². The fourth-order valence-corrected chi connectivity index (χ4v) is 2.32. The van der Waals surface area contributed by atoms with Crippen LogP contribution in [0.15, 0.2) is 12.7 Å². The van der Waals surface area contributed by atoms with Crippen LogP contribution in [0.3, 0.4) is 0 Å². The molecule has 0 aliphatic heterocycles. The van der Waals surface area contributed by atoms with Gasteiger partial charge in [-0.3, -0.25) is 4.79 Å². The number of rotatable bonds is 5. The maximum absolute atomic E-state index is 12.0. The summed E-state index contributed by atoms with van der Waals surface area (Å²) in [5.41, 5.74) is 0.0133. The van der Waals surface area contributed by atoms with Crippen LogP contribution in [0.2, 0.25) is 0 Å². The van der Waals surface area contributed by atoms with Gasteiger partial charge in [-0.2, -0.15) is 0 Å². The number of Topliss-reactive ketones (excluding diaryl/α,β-unsaturated/α-hetero) is 1. The molecule has 1 saturated carbocycles. The van der Waals surface area contributed by atoms with Crippen molar-refractivity contribution in [3.05, 3.63) is 12.7 Å². The van der Waals surface area contributed by atoms with Gasteiger partial charge in [0.25, 0.3) is 0 Å². The minimum Gasteiger partial charge on any atom is -0.299 e. The molecule has 1 heteroatoms. The Kier molecular flexibility index (Phi) is 4.37. The second-order valence-corrected chi connectivity index (χ2v) is 4.73. The second-order valence-electron chi connectivity index (χ2n) is 4.73. The Morgan fingerprint density at radius 3 is 2.57 bits per heavy atom. The molecule has 0 amide bonds. The Morgan fingerprint density at radius 2 is 2.00 bits per heavy atom. The van der Waals surface area contributed by atoms with Crippen molar-refractivity contribution >= 4 is 5.78 Å². The third kappa shape index (κ3) is 2.97. The van der Waals surface area contributed by atoms with Crippen LogP contribution < -0.4 is 0 Å². The van der Waals surface area contributed by atoms with Crippen LogP contribution in [0.1, 0.15) is 58.3 Å². The van der Waals surface area contributed by atoms with E-state index in [9.17, 15) is 4.79 Å². The maximum atomic E-state index is 12.0. The van der Waals surface area contributed by atoms with Crippen LogP contribution in [0.4, 0.5) is 0 Å². The van der Waals surface area contributed by atoms with Crippen molar-refractivity contribution in [1.82, 2.24) is 0 Å². The number of carbonyl (C=O) groups excluding carboxylic acids is 1. The van der Waals surface area contributed by atoms with E-state index < -0.39 is 0 Å². The van der Waals surface area contributed by atoms with Gasteiger partial charge in [0.15, 0.2) is 0 Å². The molecular weight excluding hydrogens is 172 g/mol. The largest absolute Gasteiger partial charge is 0.299 e. The first-order valence-electron chi connectivity index (χ1n) is 5.83. The minimum absolute atomic E-state index is 0.0133. The highest BCUT2D eigenvalue weighted by Gasteiger charge is 2.33. The Labute approximate surface area is 87.6 Å². The molecule has 0 unspecified atom stereocenters. The third-order valence-electron chi connectivity index (χ3n) is 3.44. The maximum Gasteiger partial charge on any atom is 0.138 e. The van der Waals surface area contributed by atoms with Crippen molar-refractivity contribution in [2.24, 2.45) is 5.41 Å². The van der Waals surface area contributed by atoms with E-state index in [1.165, 1.54) is 19.3 Å². The summed E-state index contributed by atoms with van der Waals surface area (Å²) in [6.07, 6.45) is 10.6. The fraction of sp³-hybridized carbons (Fsp3) is 0.769. The van der Waals surface area contributed by atoms with E-state index in [2.05, 4.69) is 13.5 Å². The highest BCUT2D eigenvalue weighted by atomic mass is 16.1. The molecular formula is C13H22O. The van der Waals surface area contributed by atoms with Gasteiger partial charge in [-0.25, -0.2) is 0 Å². The second kappa shape index (κ2) is 5.33. The Hall–Kier alpha value is -0.590. The lowest BCUT2D eigenvalue weighted by Gasteiger charge is -2.32. The first kappa shape index (κ1) is 11.5. The molecule has 0 aromatic rings. The fourth-order valence-electron chi connectivity index (χ4n) is 2.32. The van der Waals surface area contributed by atoms with Crippen molar-refractivity contribution in [3.8, 4) is 0 Å². The monoisotopic (exact) mass is 194 g/mol. The van der Waals surface area contributed by atoms with Crippen LogP contribution in [0, 0.1) is 5.41 Å². The standard InChI is InChI=1S/C13H22O/c1-3-4-6-9-12(14)13(2)10-7-5-8-11-13/h3H,1,4-11H2,2H3. The molecule has 0 radical (unpaired) electrons. The summed E-state index contributed by atoms with van der Waals surface area (Å²) in [5.74, 6) is 0.485. The average molecular weight is 194 g/mol. The molecule has 0 N–H and O–H groups in total. The van der Waals surface area contributed by atoms with Gasteiger partial charge in [-0.1, -0.05) is 32.3 Å². The van der Waals surface area contributed by atoms with Gasteiger partial charge in [0.2, 0.25) is 0 Å². The SMILES string of the molecule is C=CCCCC(=O)C1(C)CCCCC1. The van der Waals surface area contributed by atoms with Gasteiger partial charge in [0.1, 0.15) is 5.78 Å². The van der Waals surface area contributed by atoms with Gasteiger partial charge in [0, 0.05) is 11.8 Å². The van der Waals surface area contributed by atoms with Gasteiger partial charge in [0.05, 0.1) is 0 Å². The van der Waals surface area contributed by atoms with E-state index in [4.69, 9.17) is 0 Å². The van der Waals surface area contributed by atoms with Crippen molar-refractivity contribution in [1.29, 1.82) is 0 Å². The number of carbonyl (C=O) groups is 1. The zero-order valence-electron chi connectivity index (χ0n) is 9.35. The van der Waals surface area contributed by atoms with Crippen molar-refractivity contribution < 1.29 is 4.79 Å². The molecule has 0 heterocycles. The average Bonchev–Trinajstić information content (AvgIpc) is 2.19. The van der Waals surface area contributed by atoms with Crippen LogP contribution >= 0.6 is 0 Å². The van der Waals surface area contributed by atoms with Gasteiger partial charge in [-0.15, -0.1) is 6.58 Å². The van der Waals surface area contributed by atoms with E-state index in [0.29, 0.717) is 5.78 Å². The normalized spacial score (nSPS) is 20.4. The molecule has 0 atom stereocenters. The predicted molar refractivity (Wildman–Crippen MR) is 60.2 cm³/mol. The molecule has 0 bridgehead atoms.